The molecule has 3 heteroatoms. The Morgan fingerprint density at radius 1 is 1.11 bits per heavy atom. The number of hydrogen-bond acceptors (Lipinski definition) is 3. The lowest BCUT2D eigenvalue weighted by atomic mass is 10.2. The average Bonchev–Trinajstić information content (AvgIpc) is 2.36. The van der Waals surface area contributed by atoms with Gasteiger partial charge >= 0.3 is 0 Å². The normalized spacial score (nSPS) is 11.3. The number of hydrogen-bond donors (Lipinski definition) is 1. The molecule has 0 atom stereocenters. The van der Waals surface area contributed by atoms with Crippen LogP contribution in [0.2, 0.25) is 0 Å². The smallest absolute Gasteiger partial charge is 0.0644 e. The molecule has 1 aromatic rings. The molecular formula is C16H28N2O. The molecule has 0 aliphatic rings. The van der Waals surface area contributed by atoms with Gasteiger partial charge in [-0.15, -0.1) is 0 Å². The van der Waals surface area contributed by atoms with Crippen LogP contribution in [0.5, 0.6) is 0 Å². The van der Waals surface area contributed by atoms with Gasteiger partial charge in [-0.05, 0) is 31.5 Å². The lowest BCUT2D eigenvalue weighted by molar-refractivity contribution is 0.0846. The zero-order valence-electron chi connectivity index (χ0n) is 12.9. The van der Waals surface area contributed by atoms with Crippen LogP contribution in [0.3, 0.4) is 0 Å². The first-order chi connectivity index (χ1) is 8.99. The fraction of sp³-hybridized carbons (Fsp3) is 0.625. The third-order valence-corrected chi connectivity index (χ3v) is 2.97. The number of ether oxygens (including phenoxy) is 1. The molecule has 0 amide bonds. The Bertz CT molecular complexity index is 346. The van der Waals surface area contributed by atoms with E-state index < -0.39 is 0 Å². The molecule has 3 nitrogen and oxygen atoms in total. The van der Waals surface area contributed by atoms with Crippen LogP contribution in [0, 0.1) is 0 Å². The van der Waals surface area contributed by atoms with Crippen LogP contribution in [-0.4, -0.2) is 32.3 Å². The van der Waals surface area contributed by atoms with E-state index in [-0.39, 0.29) is 0 Å². The maximum Gasteiger partial charge on any atom is 0.0644 e. The Kier molecular flexibility index (Phi) is 6.89. The first-order valence-electron chi connectivity index (χ1n) is 7.14. The molecule has 0 unspecified atom stereocenters. The van der Waals surface area contributed by atoms with Crippen molar-refractivity contribution in [1.82, 2.24) is 5.32 Å². The molecule has 0 aliphatic carbocycles. The standard InChI is InChI=1S/C16H28N2O/c1-13(2)17-12-15-6-8-16(9-7-15)18(5)10-11-19-14(3)4/h6-9,13-14,17H,10-12H2,1-5H3. The number of nitrogens with zero attached hydrogens (tertiary/aromatic N) is 1. The summed E-state index contributed by atoms with van der Waals surface area (Å²) in [4.78, 5) is 2.22. The Morgan fingerprint density at radius 2 is 1.74 bits per heavy atom. The predicted octanol–water partition coefficient (Wildman–Crippen LogP) is 3.05. The van der Waals surface area contributed by atoms with Gasteiger partial charge in [-0.3, -0.25) is 0 Å². The highest BCUT2D eigenvalue weighted by Gasteiger charge is 2.02. The first-order valence-corrected chi connectivity index (χ1v) is 7.14. The second-order valence-corrected chi connectivity index (χ2v) is 5.54. The van der Waals surface area contributed by atoms with Crippen molar-refractivity contribution in [3.8, 4) is 0 Å². The first kappa shape index (κ1) is 16.0. The fourth-order valence-electron chi connectivity index (χ4n) is 1.74. The third kappa shape index (κ3) is 6.60. The fourth-order valence-corrected chi connectivity index (χ4v) is 1.74. The number of benzene rings is 1. The van der Waals surface area contributed by atoms with Gasteiger partial charge in [-0.1, -0.05) is 26.0 Å². The van der Waals surface area contributed by atoms with E-state index in [0.29, 0.717) is 12.1 Å². The Morgan fingerprint density at radius 3 is 2.26 bits per heavy atom. The highest BCUT2D eigenvalue weighted by Crippen LogP contribution is 2.13. The Balaban J connectivity index is 2.41. The van der Waals surface area contributed by atoms with E-state index in [1.54, 1.807) is 0 Å². The molecule has 0 aliphatic heterocycles. The summed E-state index contributed by atoms with van der Waals surface area (Å²) in [5.41, 5.74) is 2.56. The molecule has 0 saturated heterocycles. The number of likely N-dealkylation sites (N-methyl/N-ethyl adjacent to an activating group) is 1. The van der Waals surface area contributed by atoms with Gasteiger partial charge in [0.1, 0.15) is 0 Å². The van der Waals surface area contributed by atoms with Crippen LogP contribution in [0.25, 0.3) is 0 Å². The SMILES string of the molecule is CC(C)NCc1ccc(N(C)CCOC(C)C)cc1. The topological polar surface area (TPSA) is 24.5 Å². The molecular weight excluding hydrogens is 236 g/mol. The Hall–Kier alpha value is -1.06. The summed E-state index contributed by atoms with van der Waals surface area (Å²) in [7, 11) is 2.10. The van der Waals surface area contributed by atoms with Gasteiger partial charge in [0.15, 0.2) is 0 Å². The zero-order chi connectivity index (χ0) is 14.3. The van der Waals surface area contributed by atoms with E-state index in [9.17, 15) is 0 Å². The van der Waals surface area contributed by atoms with Crippen LogP contribution in [0.4, 0.5) is 5.69 Å². The van der Waals surface area contributed by atoms with Crippen molar-refractivity contribution in [2.75, 3.05) is 25.1 Å². The quantitative estimate of drug-likeness (QED) is 0.781. The molecule has 19 heavy (non-hydrogen) atoms. The van der Waals surface area contributed by atoms with Crippen LogP contribution in [-0.2, 0) is 11.3 Å². The maximum atomic E-state index is 5.57. The van der Waals surface area contributed by atoms with Crippen molar-refractivity contribution < 1.29 is 4.74 Å². The van der Waals surface area contributed by atoms with E-state index in [2.05, 4.69) is 69.2 Å². The van der Waals surface area contributed by atoms with Gasteiger partial charge in [0.25, 0.3) is 0 Å². The second kappa shape index (κ2) is 8.18. The minimum absolute atomic E-state index is 0.304. The van der Waals surface area contributed by atoms with E-state index in [0.717, 1.165) is 19.7 Å². The maximum absolute atomic E-state index is 5.57. The molecule has 1 N–H and O–H groups in total. The summed E-state index contributed by atoms with van der Waals surface area (Å²) in [6, 6.07) is 9.24. The van der Waals surface area contributed by atoms with Crippen molar-refractivity contribution in [1.29, 1.82) is 0 Å². The van der Waals surface area contributed by atoms with E-state index in [4.69, 9.17) is 4.74 Å². The molecule has 0 aromatic heterocycles. The highest BCUT2D eigenvalue weighted by molar-refractivity contribution is 5.46. The van der Waals surface area contributed by atoms with Gasteiger partial charge < -0.3 is 15.0 Å². The molecule has 0 radical (unpaired) electrons. The molecule has 1 rings (SSSR count). The third-order valence-electron chi connectivity index (χ3n) is 2.97. The van der Waals surface area contributed by atoms with Crippen LogP contribution < -0.4 is 10.2 Å². The molecule has 0 heterocycles. The summed E-state index contributed by atoms with van der Waals surface area (Å²) in [5, 5.41) is 3.42. The van der Waals surface area contributed by atoms with Crippen molar-refractivity contribution >= 4 is 5.69 Å². The molecule has 0 saturated carbocycles. The summed E-state index contributed by atoms with van der Waals surface area (Å²) in [6.45, 7) is 11.1. The molecule has 0 fully saturated rings. The van der Waals surface area contributed by atoms with E-state index in [1.807, 2.05) is 0 Å². The molecule has 1 aromatic carbocycles. The van der Waals surface area contributed by atoms with Crippen LogP contribution >= 0.6 is 0 Å². The second-order valence-electron chi connectivity index (χ2n) is 5.54. The van der Waals surface area contributed by atoms with Crippen molar-refractivity contribution in [2.45, 2.75) is 46.4 Å². The van der Waals surface area contributed by atoms with Gasteiger partial charge in [0, 0.05) is 31.9 Å². The summed E-state index contributed by atoms with van der Waals surface area (Å²) in [5.74, 6) is 0. The number of anilines is 1. The van der Waals surface area contributed by atoms with Crippen molar-refractivity contribution in [3.05, 3.63) is 29.8 Å². The number of rotatable bonds is 8. The molecule has 0 bridgehead atoms. The summed E-state index contributed by atoms with van der Waals surface area (Å²) < 4.78 is 5.57. The van der Waals surface area contributed by atoms with Gasteiger partial charge in [0.05, 0.1) is 12.7 Å². The highest BCUT2D eigenvalue weighted by atomic mass is 16.5. The lowest BCUT2D eigenvalue weighted by Gasteiger charge is -2.20. The van der Waals surface area contributed by atoms with Crippen molar-refractivity contribution in [3.63, 3.8) is 0 Å². The largest absolute Gasteiger partial charge is 0.377 e. The number of nitrogens with one attached hydrogen (secondary N) is 1. The lowest BCUT2D eigenvalue weighted by Crippen LogP contribution is -2.24. The monoisotopic (exact) mass is 264 g/mol. The minimum atomic E-state index is 0.304. The Labute approximate surface area is 118 Å². The van der Waals surface area contributed by atoms with E-state index in [1.165, 1.54) is 11.3 Å². The van der Waals surface area contributed by atoms with Gasteiger partial charge in [-0.2, -0.15) is 0 Å². The van der Waals surface area contributed by atoms with E-state index >= 15 is 0 Å². The summed E-state index contributed by atoms with van der Waals surface area (Å²) >= 11 is 0. The zero-order valence-corrected chi connectivity index (χ0v) is 12.9. The molecule has 108 valence electrons. The van der Waals surface area contributed by atoms with Crippen LogP contribution in [0.1, 0.15) is 33.3 Å². The van der Waals surface area contributed by atoms with Gasteiger partial charge in [-0.25, -0.2) is 0 Å². The predicted molar refractivity (Wildman–Crippen MR) is 82.8 cm³/mol. The average molecular weight is 264 g/mol. The van der Waals surface area contributed by atoms with Crippen LogP contribution in [0.15, 0.2) is 24.3 Å². The minimum Gasteiger partial charge on any atom is -0.377 e. The van der Waals surface area contributed by atoms with Gasteiger partial charge in [0.2, 0.25) is 0 Å². The molecule has 0 spiro atoms. The summed E-state index contributed by atoms with van der Waals surface area (Å²) in [6.07, 6.45) is 0.304. The van der Waals surface area contributed by atoms with Crippen molar-refractivity contribution in [2.24, 2.45) is 0 Å².